The van der Waals surface area contributed by atoms with E-state index in [0.29, 0.717) is 5.82 Å². The predicted octanol–water partition coefficient (Wildman–Crippen LogP) is 2.19. The first kappa shape index (κ1) is 17.5. The smallest absolute Gasteiger partial charge is 0.244 e. The molecule has 126 valence electrons. The normalized spacial score (nSPS) is 10.7. The largest absolute Gasteiger partial charge is 0.497 e. The molecule has 1 aromatic heterocycles. The minimum Gasteiger partial charge on any atom is -0.497 e. The number of hydrogen-bond donors (Lipinski definition) is 1. The number of anilines is 1. The Bertz CT molecular complexity index is 724. The molecule has 6 heteroatoms. The minimum atomic E-state index is -0.192. The lowest BCUT2D eigenvalue weighted by Gasteiger charge is -2.13. The van der Waals surface area contributed by atoms with Crippen molar-refractivity contribution in [2.45, 2.75) is 13.5 Å². The van der Waals surface area contributed by atoms with E-state index in [4.69, 9.17) is 4.74 Å². The number of carbonyl (C=O) groups is 1. The molecule has 0 atom stereocenters. The Balaban J connectivity index is 1.94. The Labute approximate surface area is 142 Å². The average Bonchev–Trinajstić information content (AvgIpc) is 2.58. The minimum absolute atomic E-state index is 0.192. The van der Waals surface area contributed by atoms with E-state index in [1.54, 1.807) is 13.2 Å². The molecule has 1 N–H and O–H groups in total. The molecule has 0 fully saturated rings. The van der Waals surface area contributed by atoms with E-state index in [-0.39, 0.29) is 12.5 Å². The van der Waals surface area contributed by atoms with Gasteiger partial charge >= 0.3 is 0 Å². The summed E-state index contributed by atoms with van der Waals surface area (Å²) in [5.41, 5.74) is 1.79. The van der Waals surface area contributed by atoms with Gasteiger partial charge in [0.1, 0.15) is 17.4 Å². The van der Waals surface area contributed by atoms with Gasteiger partial charge in [-0.3, -0.25) is 4.79 Å². The summed E-state index contributed by atoms with van der Waals surface area (Å²) >= 11 is 0. The summed E-state index contributed by atoms with van der Waals surface area (Å²) in [4.78, 5) is 22.6. The summed E-state index contributed by atoms with van der Waals surface area (Å²) in [6, 6.07) is 9.36. The van der Waals surface area contributed by atoms with Gasteiger partial charge < -0.3 is 15.0 Å². The Kier molecular flexibility index (Phi) is 5.89. The van der Waals surface area contributed by atoms with Gasteiger partial charge in [0.15, 0.2) is 0 Å². The first-order valence-corrected chi connectivity index (χ1v) is 7.60. The maximum Gasteiger partial charge on any atom is 0.244 e. The number of benzene rings is 1. The number of ether oxygens (including phenoxy) is 1. The fourth-order valence-electron chi connectivity index (χ4n) is 2.03. The Hall–Kier alpha value is -2.89. The van der Waals surface area contributed by atoms with Crippen molar-refractivity contribution in [1.29, 1.82) is 0 Å². The molecule has 1 heterocycles. The summed E-state index contributed by atoms with van der Waals surface area (Å²) in [6.45, 7) is 2.19. The van der Waals surface area contributed by atoms with Crippen molar-refractivity contribution in [3.05, 3.63) is 53.5 Å². The summed E-state index contributed by atoms with van der Waals surface area (Å²) in [5.74, 6) is 2.00. The number of carbonyl (C=O) groups excluding carboxylic acids is 1. The van der Waals surface area contributed by atoms with E-state index < -0.39 is 0 Å². The highest BCUT2D eigenvalue weighted by atomic mass is 16.5. The van der Waals surface area contributed by atoms with Crippen molar-refractivity contribution in [2.24, 2.45) is 0 Å². The second-order valence-corrected chi connectivity index (χ2v) is 5.50. The molecule has 2 aromatic rings. The lowest BCUT2D eigenvalue weighted by Crippen LogP contribution is -2.22. The van der Waals surface area contributed by atoms with Crippen molar-refractivity contribution in [3.63, 3.8) is 0 Å². The molecular weight excluding hydrogens is 304 g/mol. The number of hydrogen-bond acceptors (Lipinski definition) is 5. The molecule has 0 saturated carbocycles. The highest BCUT2D eigenvalue weighted by Gasteiger charge is 2.05. The standard InChI is InChI=1S/C18H22N4O2/c1-13-11-17(22(2)3)21-16(20-13)12-19-18(23)10-7-14-5-8-15(24-4)9-6-14/h5-11H,12H2,1-4H3,(H,19,23)/b10-7+. The van der Waals surface area contributed by atoms with E-state index >= 15 is 0 Å². The van der Waals surface area contributed by atoms with Crippen molar-refractivity contribution < 1.29 is 9.53 Å². The maximum atomic E-state index is 11.9. The van der Waals surface area contributed by atoms with Crippen LogP contribution in [0.15, 0.2) is 36.4 Å². The molecule has 0 aliphatic heterocycles. The van der Waals surface area contributed by atoms with Gasteiger partial charge in [-0.05, 0) is 30.7 Å². The number of nitrogens with zero attached hydrogens (tertiary/aromatic N) is 3. The Morgan fingerprint density at radius 3 is 2.58 bits per heavy atom. The third-order valence-corrected chi connectivity index (χ3v) is 3.31. The van der Waals surface area contributed by atoms with Gasteiger partial charge in [0.25, 0.3) is 0 Å². The summed E-state index contributed by atoms with van der Waals surface area (Å²) in [7, 11) is 5.46. The van der Waals surface area contributed by atoms with Crippen LogP contribution in [0.25, 0.3) is 6.08 Å². The van der Waals surface area contributed by atoms with Gasteiger partial charge in [-0.2, -0.15) is 0 Å². The average molecular weight is 326 g/mol. The molecule has 0 aliphatic rings. The second kappa shape index (κ2) is 8.10. The Morgan fingerprint density at radius 1 is 1.25 bits per heavy atom. The third-order valence-electron chi connectivity index (χ3n) is 3.31. The number of methoxy groups -OCH3 is 1. The van der Waals surface area contributed by atoms with Gasteiger partial charge in [0.05, 0.1) is 13.7 Å². The lowest BCUT2D eigenvalue weighted by atomic mass is 10.2. The van der Waals surface area contributed by atoms with Crippen LogP contribution < -0.4 is 15.0 Å². The monoisotopic (exact) mass is 326 g/mol. The number of rotatable bonds is 6. The highest BCUT2D eigenvalue weighted by Crippen LogP contribution is 2.12. The zero-order valence-electron chi connectivity index (χ0n) is 14.4. The first-order chi connectivity index (χ1) is 11.5. The SMILES string of the molecule is COc1ccc(/C=C/C(=O)NCc2nc(C)cc(N(C)C)n2)cc1. The van der Waals surface area contributed by atoms with Crippen LogP contribution >= 0.6 is 0 Å². The number of aromatic nitrogens is 2. The lowest BCUT2D eigenvalue weighted by molar-refractivity contribution is -0.116. The van der Waals surface area contributed by atoms with E-state index in [2.05, 4.69) is 15.3 Å². The van der Waals surface area contributed by atoms with Gasteiger partial charge in [-0.1, -0.05) is 12.1 Å². The zero-order valence-corrected chi connectivity index (χ0v) is 14.4. The topological polar surface area (TPSA) is 67.3 Å². The number of nitrogens with one attached hydrogen (secondary N) is 1. The molecular formula is C18H22N4O2. The van der Waals surface area contributed by atoms with Crippen LogP contribution in [0.5, 0.6) is 5.75 Å². The van der Waals surface area contributed by atoms with E-state index in [9.17, 15) is 4.79 Å². The van der Waals surface area contributed by atoms with Crippen molar-refractivity contribution in [2.75, 3.05) is 26.1 Å². The first-order valence-electron chi connectivity index (χ1n) is 7.60. The van der Waals surface area contributed by atoms with Gasteiger partial charge in [0.2, 0.25) is 5.91 Å². The van der Waals surface area contributed by atoms with Gasteiger partial charge in [-0.25, -0.2) is 9.97 Å². The zero-order chi connectivity index (χ0) is 17.5. The molecule has 0 unspecified atom stereocenters. The molecule has 24 heavy (non-hydrogen) atoms. The summed E-state index contributed by atoms with van der Waals surface area (Å²) < 4.78 is 5.10. The number of amides is 1. The van der Waals surface area contributed by atoms with Crippen LogP contribution in [0.4, 0.5) is 5.82 Å². The summed E-state index contributed by atoms with van der Waals surface area (Å²) in [5, 5.41) is 2.79. The quantitative estimate of drug-likeness (QED) is 0.824. The van der Waals surface area contributed by atoms with E-state index in [1.807, 2.05) is 56.3 Å². The number of aryl methyl sites for hydroxylation is 1. The molecule has 0 radical (unpaired) electrons. The van der Waals surface area contributed by atoms with E-state index in [1.165, 1.54) is 6.08 Å². The fourth-order valence-corrected chi connectivity index (χ4v) is 2.03. The second-order valence-electron chi connectivity index (χ2n) is 5.50. The molecule has 0 saturated heterocycles. The van der Waals surface area contributed by atoms with Crippen molar-refractivity contribution in [1.82, 2.24) is 15.3 Å². The Morgan fingerprint density at radius 2 is 1.96 bits per heavy atom. The molecule has 0 aliphatic carbocycles. The molecule has 6 nitrogen and oxygen atoms in total. The molecule has 0 spiro atoms. The van der Waals surface area contributed by atoms with Crippen molar-refractivity contribution >= 4 is 17.8 Å². The third kappa shape index (κ3) is 5.08. The molecule has 0 bridgehead atoms. The van der Waals surface area contributed by atoms with Crippen LogP contribution in [0, 0.1) is 6.92 Å². The maximum absolute atomic E-state index is 11.9. The van der Waals surface area contributed by atoms with E-state index in [0.717, 1.165) is 22.8 Å². The van der Waals surface area contributed by atoms with Crippen molar-refractivity contribution in [3.8, 4) is 5.75 Å². The fraction of sp³-hybridized carbons (Fsp3) is 0.278. The van der Waals surface area contributed by atoms with Crippen LogP contribution in [-0.4, -0.2) is 37.1 Å². The predicted molar refractivity (Wildman–Crippen MR) is 95.0 cm³/mol. The molecule has 1 amide bonds. The van der Waals surface area contributed by atoms with Crippen LogP contribution in [-0.2, 0) is 11.3 Å². The van der Waals surface area contributed by atoms with Gasteiger partial charge in [-0.15, -0.1) is 0 Å². The summed E-state index contributed by atoms with van der Waals surface area (Å²) in [6.07, 6.45) is 3.24. The molecule has 1 aromatic carbocycles. The molecule has 2 rings (SSSR count). The van der Waals surface area contributed by atoms with Crippen LogP contribution in [0.2, 0.25) is 0 Å². The van der Waals surface area contributed by atoms with Crippen LogP contribution in [0.1, 0.15) is 17.1 Å². The van der Waals surface area contributed by atoms with Crippen LogP contribution in [0.3, 0.4) is 0 Å². The highest BCUT2D eigenvalue weighted by molar-refractivity contribution is 5.91. The van der Waals surface area contributed by atoms with Gasteiger partial charge in [0, 0.05) is 31.9 Å².